The third-order valence-corrected chi connectivity index (χ3v) is 12.3. The van der Waals surface area contributed by atoms with Gasteiger partial charge in [-0.25, -0.2) is 4.98 Å². The topological polar surface area (TPSA) is 26.0 Å². The van der Waals surface area contributed by atoms with Crippen molar-refractivity contribution in [3.63, 3.8) is 0 Å². The number of benzene rings is 1. The molecule has 1 heterocycles. The number of nitrogens with zero attached hydrogens (tertiary/aromatic N) is 1. The molecule has 0 aliphatic rings. The van der Waals surface area contributed by atoms with Gasteiger partial charge in [-0.2, -0.15) is 0 Å². The van der Waals surface area contributed by atoms with Crippen LogP contribution >= 0.6 is 0 Å². The van der Waals surface area contributed by atoms with Crippen LogP contribution in [0.25, 0.3) is 11.1 Å². The zero-order chi connectivity index (χ0) is 17.4. The van der Waals surface area contributed by atoms with E-state index in [1.54, 1.807) is 0 Å². The second-order valence-electron chi connectivity index (χ2n) is 7.20. The van der Waals surface area contributed by atoms with Crippen LogP contribution in [0.1, 0.15) is 77.7 Å². The quantitative estimate of drug-likeness (QED) is 0.315. The first-order chi connectivity index (χ1) is 11.7. The molecule has 2 aromatic rings. The first kappa shape index (κ1) is 19.2. The van der Waals surface area contributed by atoms with Crippen molar-refractivity contribution in [2.24, 2.45) is 0 Å². The molecule has 1 unspecified atom stereocenters. The van der Waals surface area contributed by atoms with Crippen molar-refractivity contribution in [1.82, 2.24) is 4.98 Å². The average Bonchev–Trinajstić information content (AvgIpc) is 3.05. The Bertz CT molecular complexity index is 561. The number of hydrogen-bond acceptors (Lipinski definition) is 2. The fraction of sp³-hybridized carbons (Fsp3) is 0.667. The molecule has 1 aromatic carbocycles. The van der Waals surface area contributed by atoms with Crippen LogP contribution in [-0.4, -0.2) is 13.1 Å². The van der Waals surface area contributed by atoms with Gasteiger partial charge < -0.3 is 4.42 Å². The molecule has 0 spiro atoms. The lowest BCUT2D eigenvalue weighted by Crippen LogP contribution is -2.40. The monoisotopic (exact) mass is 345 g/mol. The van der Waals surface area contributed by atoms with E-state index >= 15 is 0 Å². The van der Waals surface area contributed by atoms with Gasteiger partial charge in [0.1, 0.15) is 5.52 Å². The highest BCUT2D eigenvalue weighted by atomic mass is 28.3. The summed E-state index contributed by atoms with van der Waals surface area (Å²) in [6.07, 6.45) is 7.98. The van der Waals surface area contributed by atoms with Crippen molar-refractivity contribution in [3.8, 4) is 0 Å². The van der Waals surface area contributed by atoms with Crippen molar-refractivity contribution in [1.29, 1.82) is 0 Å². The van der Waals surface area contributed by atoms with Gasteiger partial charge in [0.2, 0.25) is 0 Å². The molecule has 0 amide bonds. The van der Waals surface area contributed by atoms with E-state index < -0.39 is 8.07 Å². The number of oxazole rings is 1. The van der Waals surface area contributed by atoms with Crippen LogP contribution in [-0.2, 0) is 0 Å². The fourth-order valence-corrected chi connectivity index (χ4v) is 8.61. The van der Waals surface area contributed by atoms with Gasteiger partial charge in [0.15, 0.2) is 11.5 Å². The minimum atomic E-state index is -1.38. The van der Waals surface area contributed by atoms with E-state index in [1.807, 2.05) is 6.07 Å². The third kappa shape index (κ3) is 4.30. The van der Waals surface area contributed by atoms with Crippen LogP contribution in [0.5, 0.6) is 0 Å². The molecule has 0 aliphatic carbocycles. The molecule has 1 atom stereocenters. The van der Waals surface area contributed by atoms with Crippen molar-refractivity contribution in [3.05, 3.63) is 30.2 Å². The van der Waals surface area contributed by atoms with Crippen molar-refractivity contribution >= 4 is 19.2 Å². The molecule has 2 rings (SSSR count). The predicted octanol–water partition coefficient (Wildman–Crippen LogP) is 7.32. The van der Waals surface area contributed by atoms with E-state index in [1.165, 1.54) is 56.7 Å². The summed E-state index contributed by atoms with van der Waals surface area (Å²) in [5.74, 6) is 1.03. The van der Waals surface area contributed by atoms with Crippen molar-refractivity contribution in [2.75, 3.05) is 0 Å². The normalized spacial score (nSPS) is 13.5. The molecule has 0 saturated carbocycles. The highest BCUT2D eigenvalue weighted by Gasteiger charge is 2.39. The molecule has 134 valence electrons. The lowest BCUT2D eigenvalue weighted by atomic mass is 10.1. The van der Waals surface area contributed by atoms with E-state index in [0.717, 1.165) is 17.0 Å². The molecule has 2 nitrogen and oxygen atoms in total. The Hall–Kier alpha value is -1.09. The summed E-state index contributed by atoms with van der Waals surface area (Å²) >= 11 is 0. The smallest absolute Gasteiger partial charge is 0.195 e. The van der Waals surface area contributed by atoms with E-state index in [0.29, 0.717) is 5.54 Å². The first-order valence-electron chi connectivity index (χ1n) is 10.1. The minimum Gasteiger partial charge on any atom is -0.441 e. The molecule has 0 saturated heterocycles. The Kier molecular flexibility index (Phi) is 7.54. The summed E-state index contributed by atoms with van der Waals surface area (Å²) in [5, 5.41) is 0. The summed E-state index contributed by atoms with van der Waals surface area (Å²) in [6, 6.07) is 12.2. The standard InChI is InChI=1S/C21H35NOSi/c1-5-9-10-11-12-17-20(24(6-2,7-3)8-4)21-22-18-15-13-14-16-19(18)23-21/h13-16,20H,5-12,17H2,1-4H3. The second-order valence-corrected chi connectivity index (χ2v) is 12.7. The lowest BCUT2D eigenvalue weighted by molar-refractivity contribution is 0.484. The van der Waals surface area contributed by atoms with Gasteiger partial charge in [0, 0.05) is 5.54 Å². The van der Waals surface area contributed by atoms with Gasteiger partial charge in [-0.1, -0.05) is 90.1 Å². The number of para-hydroxylation sites is 2. The van der Waals surface area contributed by atoms with Gasteiger partial charge in [0.05, 0.1) is 8.07 Å². The molecule has 0 aliphatic heterocycles. The SMILES string of the molecule is CCCCCCCC(c1nc2ccccc2o1)[Si](CC)(CC)CC. The summed E-state index contributed by atoms with van der Waals surface area (Å²) < 4.78 is 6.24. The Morgan fingerprint density at radius 1 is 0.917 bits per heavy atom. The average molecular weight is 346 g/mol. The van der Waals surface area contributed by atoms with Gasteiger partial charge in [-0.3, -0.25) is 0 Å². The second kappa shape index (κ2) is 9.41. The Labute approximate surface area is 149 Å². The molecule has 1 aromatic heterocycles. The maximum atomic E-state index is 6.24. The predicted molar refractivity (Wildman–Crippen MR) is 107 cm³/mol. The van der Waals surface area contributed by atoms with Crippen LogP contribution in [0.2, 0.25) is 18.1 Å². The van der Waals surface area contributed by atoms with Crippen molar-refractivity contribution in [2.45, 2.75) is 89.9 Å². The van der Waals surface area contributed by atoms with Crippen LogP contribution < -0.4 is 0 Å². The highest BCUT2D eigenvalue weighted by Crippen LogP contribution is 2.40. The minimum absolute atomic E-state index is 0.575. The van der Waals surface area contributed by atoms with Gasteiger partial charge in [-0.05, 0) is 18.6 Å². The zero-order valence-corrected chi connectivity index (χ0v) is 17.1. The Morgan fingerprint density at radius 2 is 1.58 bits per heavy atom. The van der Waals surface area contributed by atoms with E-state index in [9.17, 15) is 0 Å². The highest BCUT2D eigenvalue weighted by molar-refractivity contribution is 6.80. The van der Waals surface area contributed by atoms with Crippen molar-refractivity contribution < 1.29 is 4.42 Å². The largest absolute Gasteiger partial charge is 0.441 e. The molecule has 0 bridgehead atoms. The van der Waals surface area contributed by atoms with E-state index in [2.05, 4.69) is 45.9 Å². The maximum absolute atomic E-state index is 6.24. The lowest BCUT2D eigenvalue weighted by Gasteiger charge is -2.35. The van der Waals surface area contributed by atoms with Gasteiger partial charge in [0.25, 0.3) is 0 Å². The number of hydrogen-bond donors (Lipinski definition) is 0. The molecular formula is C21H35NOSi. The summed E-state index contributed by atoms with van der Waals surface area (Å²) in [6.45, 7) is 9.47. The number of fused-ring (bicyclic) bond motifs is 1. The van der Waals surface area contributed by atoms with Crippen LogP contribution in [0.4, 0.5) is 0 Å². The molecule has 0 fully saturated rings. The van der Waals surface area contributed by atoms with E-state index in [4.69, 9.17) is 9.40 Å². The molecule has 0 N–H and O–H groups in total. The summed E-state index contributed by atoms with van der Waals surface area (Å²) in [5.41, 5.74) is 2.55. The molecule has 0 radical (unpaired) electrons. The van der Waals surface area contributed by atoms with Crippen LogP contribution in [0.15, 0.2) is 28.7 Å². The fourth-order valence-electron chi connectivity index (χ4n) is 4.17. The Morgan fingerprint density at radius 3 is 2.21 bits per heavy atom. The molecule has 24 heavy (non-hydrogen) atoms. The third-order valence-electron chi connectivity index (χ3n) is 6.06. The zero-order valence-electron chi connectivity index (χ0n) is 16.1. The summed E-state index contributed by atoms with van der Waals surface area (Å²) in [7, 11) is -1.38. The number of unbranched alkanes of at least 4 members (excludes halogenated alkanes) is 4. The van der Waals surface area contributed by atoms with Crippen LogP contribution in [0.3, 0.4) is 0 Å². The molecule has 3 heteroatoms. The number of rotatable bonds is 11. The number of aromatic nitrogens is 1. The van der Waals surface area contributed by atoms with E-state index in [-0.39, 0.29) is 0 Å². The Balaban J connectivity index is 2.24. The van der Waals surface area contributed by atoms with Gasteiger partial charge in [-0.15, -0.1) is 0 Å². The maximum Gasteiger partial charge on any atom is 0.195 e. The van der Waals surface area contributed by atoms with Gasteiger partial charge >= 0.3 is 0 Å². The summed E-state index contributed by atoms with van der Waals surface area (Å²) in [4.78, 5) is 4.91. The molecular weight excluding hydrogens is 310 g/mol. The first-order valence-corrected chi connectivity index (χ1v) is 12.8. The van der Waals surface area contributed by atoms with Crippen LogP contribution in [0, 0.1) is 0 Å².